The first kappa shape index (κ1) is 12.7. The fourth-order valence-electron chi connectivity index (χ4n) is 0.387. The van der Waals surface area contributed by atoms with Gasteiger partial charge in [-0.15, -0.1) is 12.4 Å². The van der Waals surface area contributed by atoms with Crippen LogP contribution in [-0.4, -0.2) is 17.5 Å². The topological polar surface area (TPSA) is 49.8 Å². The smallest absolute Gasteiger partial charge is 0.0630 e. The quantitative estimate of drug-likeness (QED) is 0.666. The molecule has 0 unspecified atom stereocenters. The van der Waals surface area contributed by atoms with Gasteiger partial charge < -0.3 is 5.73 Å². The summed E-state index contributed by atoms with van der Waals surface area (Å²) in [5, 5.41) is 8.14. The molecule has 10 heavy (non-hydrogen) atoms. The summed E-state index contributed by atoms with van der Waals surface area (Å²) in [5.74, 6) is 1.87. The van der Waals surface area contributed by atoms with Crippen molar-refractivity contribution < 1.29 is 0 Å². The van der Waals surface area contributed by atoms with Crippen LogP contribution < -0.4 is 5.73 Å². The third-order valence-electron chi connectivity index (χ3n) is 0.739. The zero-order chi connectivity index (χ0) is 7.11. The molecular weight excluding hydrogens is 168 g/mol. The van der Waals surface area contributed by atoms with Gasteiger partial charge in [-0.3, -0.25) is 0 Å². The predicted octanol–water partition coefficient (Wildman–Crippen LogP) is 1.40. The summed E-state index contributed by atoms with van der Waals surface area (Å²) in [5.41, 5.74) is 5.47. The molecule has 0 bridgehead atoms. The zero-order valence-corrected chi connectivity index (χ0v) is 7.67. The minimum Gasteiger partial charge on any atom is -0.327 e. The number of hydrogen-bond donors (Lipinski definition) is 1. The Balaban J connectivity index is 0. The fourth-order valence-corrected chi connectivity index (χ4v) is 1.16. The van der Waals surface area contributed by atoms with Crippen LogP contribution in [0, 0.1) is 11.3 Å². The third-order valence-corrected chi connectivity index (χ3v) is 1.99. The molecule has 0 radical (unpaired) electrons. The van der Waals surface area contributed by atoms with Gasteiger partial charge >= 0.3 is 0 Å². The second kappa shape index (κ2) is 9.09. The van der Waals surface area contributed by atoms with Crippen molar-refractivity contribution in [1.29, 1.82) is 5.26 Å². The van der Waals surface area contributed by atoms with Crippen molar-refractivity contribution in [2.24, 2.45) is 5.73 Å². The number of nitriles is 1. The van der Waals surface area contributed by atoms with E-state index in [0.717, 1.165) is 11.5 Å². The molecule has 2 N–H and O–H groups in total. The first-order chi connectivity index (χ1) is 4.27. The second-order valence-electron chi connectivity index (χ2n) is 1.96. The summed E-state index contributed by atoms with van der Waals surface area (Å²) in [7, 11) is 0. The van der Waals surface area contributed by atoms with Gasteiger partial charge in [0.05, 0.1) is 6.07 Å². The molecule has 0 fully saturated rings. The third kappa shape index (κ3) is 11.0. The second-order valence-corrected chi connectivity index (χ2v) is 3.11. The van der Waals surface area contributed by atoms with E-state index in [1.807, 2.05) is 6.92 Å². The van der Waals surface area contributed by atoms with Gasteiger partial charge in [-0.2, -0.15) is 17.0 Å². The molecule has 1 atom stereocenters. The fraction of sp³-hybridized carbons (Fsp3) is 0.833. The molecule has 0 aromatic heterocycles. The molecule has 0 aromatic carbocycles. The average molecular weight is 181 g/mol. The number of nitrogens with two attached hydrogens (primary N) is 1. The van der Waals surface area contributed by atoms with Gasteiger partial charge in [0, 0.05) is 24.0 Å². The highest BCUT2D eigenvalue weighted by Gasteiger charge is 1.92. The molecule has 0 saturated carbocycles. The lowest BCUT2D eigenvalue weighted by molar-refractivity contribution is 0.847. The number of nitrogens with zero attached hydrogens (tertiary/aromatic N) is 1. The SMILES string of the molecule is C[C@@H](N)CSCCC#N.Cl. The average Bonchev–Trinajstić information content (AvgIpc) is 1.80. The van der Waals surface area contributed by atoms with Crippen LogP contribution in [-0.2, 0) is 0 Å². The van der Waals surface area contributed by atoms with Gasteiger partial charge in [0.2, 0.25) is 0 Å². The predicted molar refractivity (Wildman–Crippen MR) is 48.5 cm³/mol. The maximum Gasteiger partial charge on any atom is 0.0630 e. The highest BCUT2D eigenvalue weighted by molar-refractivity contribution is 7.99. The van der Waals surface area contributed by atoms with E-state index < -0.39 is 0 Å². The number of hydrogen-bond acceptors (Lipinski definition) is 3. The van der Waals surface area contributed by atoms with Crippen LogP contribution in [0.2, 0.25) is 0 Å². The van der Waals surface area contributed by atoms with Crippen LogP contribution in [0.25, 0.3) is 0 Å². The Kier molecular flexibility index (Phi) is 11.6. The monoisotopic (exact) mass is 180 g/mol. The molecule has 0 aliphatic rings. The van der Waals surface area contributed by atoms with Gasteiger partial charge in [-0.1, -0.05) is 0 Å². The van der Waals surface area contributed by atoms with Crippen LogP contribution in [0.4, 0.5) is 0 Å². The molecule has 0 aliphatic carbocycles. The van der Waals surface area contributed by atoms with E-state index in [-0.39, 0.29) is 18.4 Å². The molecule has 0 rings (SSSR count). The zero-order valence-electron chi connectivity index (χ0n) is 6.04. The van der Waals surface area contributed by atoms with Crippen LogP contribution in [0.15, 0.2) is 0 Å². The lowest BCUT2D eigenvalue weighted by Gasteiger charge is -2.00. The van der Waals surface area contributed by atoms with Gasteiger partial charge in [0.1, 0.15) is 0 Å². The summed E-state index contributed by atoms with van der Waals surface area (Å²) in [6, 6.07) is 2.34. The maximum atomic E-state index is 8.14. The van der Waals surface area contributed by atoms with Crippen molar-refractivity contribution in [2.75, 3.05) is 11.5 Å². The van der Waals surface area contributed by atoms with Crippen molar-refractivity contribution in [1.82, 2.24) is 0 Å². The van der Waals surface area contributed by atoms with E-state index in [0.29, 0.717) is 6.42 Å². The van der Waals surface area contributed by atoms with Crippen molar-refractivity contribution in [2.45, 2.75) is 19.4 Å². The van der Waals surface area contributed by atoms with Crippen molar-refractivity contribution in [3.8, 4) is 6.07 Å². The Morgan fingerprint density at radius 1 is 1.70 bits per heavy atom. The molecule has 0 saturated heterocycles. The molecule has 4 heteroatoms. The van der Waals surface area contributed by atoms with E-state index in [4.69, 9.17) is 11.0 Å². The molecule has 0 spiro atoms. The minimum atomic E-state index is 0. The molecular formula is C6H13ClN2S. The van der Waals surface area contributed by atoms with E-state index in [1.165, 1.54) is 0 Å². The highest BCUT2D eigenvalue weighted by atomic mass is 35.5. The Morgan fingerprint density at radius 3 is 2.70 bits per heavy atom. The Morgan fingerprint density at radius 2 is 2.30 bits per heavy atom. The number of thioether (sulfide) groups is 1. The molecule has 2 nitrogen and oxygen atoms in total. The Labute approximate surface area is 72.6 Å². The van der Waals surface area contributed by atoms with Gasteiger partial charge in [0.15, 0.2) is 0 Å². The number of halogens is 1. The van der Waals surface area contributed by atoms with Gasteiger partial charge in [-0.05, 0) is 6.92 Å². The summed E-state index contributed by atoms with van der Waals surface area (Å²) >= 11 is 1.74. The Hall–Kier alpha value is 0.0900. The van der Waals surface area contributed by atoms with Crippen molar-refractivity contribution in [3.05, 3.63) is 0 Å². The van der Waals surface area contributed by atoms with E-state index in [2.05, 4.69) is 6.07 Å². The Bertz CT molecular complexity index is 100. The maximum absolute atomic E-state index is 8.14. The molecule has 0 aromatic rings. The lowest BCUT2D eigenvalue weighted by atomic mass is 10.4. The van der Waals surface area contributed by atoms with Gasteiger partial charge in [-0.25, -0.2) is 0 Å². The summed E-state index contributed by atoms with van der Waals surface area (Å²) in [4.78, 5) is 0. The molecule has 0 aliphatic heterocycles. The van der Waals surface area contributed by atoms with Crippen LogP contribution >= 0.6 is 24.2 Å². The van der Waals surface area contributed by atoms with Crippen LogP contribution in [0.5, 0.6) is 0 Å². The van der Waals surface area contributed by atoms with Crippen LogP contribution in [0.3, 0.4) is 0 Å². The first-order valence-electron chi connectivity index (χ1n) is 2.97. The molecule has 0 amide bonds. The van der Waals surface area contributed by atoms with E-state index in [1.54, 1.807) is 11.8 Å². The lowest BCUT2D eigenvalue weighted by Crippen LogP contribution is -2.17. The largest absolute Gasteiger partial charge is 0.327 e. The minimum absolute atomic E-state index is 0. The summed E-state index contributed by atoms with van der Waals surface area (Å²) in [6.07, 6.45) is 0.636. The van der Waals surface area contributed by atoms with E-state index in [9.17, 15) is 0 Å². The molecule has 0 heterocycles. The van der Waals surface area contributed by atoms with Crippen molar-refractivity contribution >= 4 is 24.2 Å². The highest BCUT2D eigenvalue weighted by Crippen LogP contribution is 2.02. The first-order valence-corrected chi connectivity index (χ1v) is 4.13. The van der Waals surface area contributed by atoms with Crippen LogP contribution in [0.1, 0.15) is 13.3 Å². The van der Waals surface area contributed by atoms with Crippen molar-refractivity contribution in [3.63, 3.8) is 0 Å². The summed E-state index contributed by atoms with van der Waals surface area (Å²) in [6.45, 7) is 1.97. The normalized spacial score (nSPS) is 11.3. The molecule has 60 valence electrons. The van der Waals surface area contributed by atoms with Gasteiger partial charge in [0.25, 0.3) is 0 Å². The van der Waals surface area contributed by atoms with E-state index >= 15 is 0 Å². The standard InChI is InChI=1S/C6H12N2S.ClH/c1-6(8)5-9-4-2-3-7;/h6H,2,4-5,8H2,1H3;1H/t6-;/m1./s1. The summed E-state index contributed by atoms with van der Waals surface area (Å²) < 4.78 is 0. The number of rotatable bonds is 4.